The van der Waals surface area contributed by atoms with Crippen LogP contribution in [0.25, 0.3) is 22.3 Å². The molecule has 2 aromatic carbocycles. The number of hydrogen-bond acceptors (Lipinski definition) is 9. The topological polar surface area (TPSA) is 106 Å². The van der Waals surface area contributed by atoms with Crippen molar-refractivity contribution in [2.24, 2.45) is 0 Å². The van der Waals surface area contributed by atoms with Gasteiger partial charge in [0.2, 0.25) is 0 Å². The van der Waals surface area contributed by atoms with Gasteiger partial charge in [0.15, 0.2) is 10.3 Å². The summed E-state index contributed by atoms with van der Waals surface area (Å²) in [6.07, 6.45) is 11.4. The third kappa shape index (κ3) is 8.89. The van der Waals surface area contributed by atoms with Crippen LogP contribution < -0.4 is 9.80 Å². The number of hydrogen-bond donors (Lipinski definition) is 1. The number of aromatic carboxylic acids is 1. The van der Waals surface area contributed by atoms with Crippen molar-refractivity contribution in [3.8, 4) is 22.3 Å². The predicted molar refractivity (Wildman–Crippen MR) is 213 cm³/mol. The van der Waals surface area contributed by atoms with Crippen molar-refractivity contribution in [1.29, 1.82) is 0 Å². The zero-order valence-corrected chi connectivity index (χ0v) is 31.5. The van der Waals surface area contributed by atoms with Crippen molar-refractivity contribution in [3.63, 3.8) is 0 Å². The van der Waals surface area contributed by atoms with Gasteiger partial charge in [0.05, 0.1) is 31.6 Å². The quantitative estimate of drug-likeness (QED) is 0.139. The third-order valence-electron chi connectivity index (χ3n) is 9.62. The monoisotopic (exact) mass is 748 g/mol. The molecule has 10 nitrogen and oxygen atoms in total. The van der Waals surface area contributed by atoms with Crippen LogP contribution in [0.5, 0.6) is 0 Å². The summed E-state index contributed by atoms with van der Waals surface area (Å²) in [7, 11) is 1.42. The molecule has 0 bridgehead atoms. The summed E-state index contributed by atoms with van der Waals surface area (Å²) in [4.78, 5) is 38.2. The highest BCUT2D eigenvalue weighted by atomic mass is 32.1. The van der Waals surface area contributed by atoms with Crippen molar-refractivity contribution < 1.29 is 19.4 Å². The van der Waals surface area contributed by atoms with Crippen LogP contribution in [0, 0.1) is 0 Å². The number of piperidine rings is 2. The molecule has 0 aliphatic carbocycles. The normalized spacial score (nSPS) is 14.4. The summed E-state index contributed by atoms with van der Waals surface area (Å²) in [6.45, 7) is 5.33. The largest absolute Gasteiger partial charge is 0.477 e. The average Bonchev–Trinajstić information content (AvgIpc) is 4.04. The number of esters is 1. The van der Waals surface area contributed by atoms with E-state index < -0.39 is 5.97 Å². The minimum absolute atomic E-state index is 0.288. The molecule has 2 saturated heterocycles. The molecule has 2 fully saturated rings. The van der Waals surface area contributed by atoms with Gasteiger partial charge in [0.25, 0.3) is 0 Å². The number of benzene rings is 2. The molecule has 6 heterocycles. The van der Waals surface area contributed by atoms with E-state index in [9.17, 15) is 14.7 Å². The van der Waals surface area contributed by atoms with Gasteiger partial charge in [-0.15, -0.1) is 22.7 Å². The first-order valence-corrected chi connectivity index (χ1v) is 19.9. The number of ether oxygens (including phenoxy) is 1. The Kier molecular flexibility index (Phi) is 11.7. The highest BCUT2D eigenvalue weighted by molar-refractivity contribution is 7.14. The molecule has 8 rings (SSSR count). The Morgan fingerprint density at radius 2 is 1.08 bits per heavy atom. The second kappa shape index (κ2) is 17.1. The predicted octanol–water partition coefficient (Wildman–Crippen LogP) is 8.79. The van der Waals surface area contributed by atoms with Crippen LogP contribution in [-0.4, -0.2) is 69.4 Å². The van der Waals surface area contributed by atoms with E-state index >= 15 is 0 Å². The maximum atomic E-state index is 12.3. The first-order valence-electron chi connectivity index (χ1n) is 18.2. The first-order chi connectivity index (χ1) is 25.9. The summed E-state index contributed by atoms with van der Waals surface area (Å²) in [6, 6.07) is 23.5. The molecule has 2 aliphatic heterocycles. The fourth-order valence-corrected chi connectivity index (χ4v) is 8.60. The number of thiazole rings is 2. The standard InChI is InChI=1S/C21H23N3O2S.C20H21N3O2S/c1-26-20(25)19-12-17(16-8-4-2-5-9-16)13-24(19)14-18-15-27-21(22-18)23-10-6-3-7-11-23;24-19(25)18-11-16(15-7-3-1-4-8-15)12-23(18)13-17-14-26-20(21-17)22-9-5-2-6-10-22/h2,4-5,8-9,12-13,15H,3,6-7,10-11,14H2,1H3;1,3-4,7-8,11-12,14H,2,5-6,9-10,13H2,(H,24,25). The Hall–Kier alpha value is -5.20. The number of carbonyl (C=O) groups excluding carboxylic acids is 1. The van der Waals surface area contributed by atoms with Crippen LogP contribution in [-0.2, 0) is 17.8 Å². The van der Waals surface area contributed by atoms with E-state index in [1.807, 2.05) is 89.1 Å². The van der Waals surface area contributed by atoms with Crippen LogP contribution in [0.1, 0.15) is 70.9 Å². The van der Waals surface area contributed by atoms with Gasteiger partial charge in [-0.1, -0.05) is 60.7 Å². The summed E-state index contributed by atoms with van der Waals surface area (Å²) in [5, 5.41) is 15.8. The first kappa shape index (κ1) is 36.2. The maximum absolute atomic E-state index is 12.3. The zero-order valence-electron chi connectivity index (χ0n) is 29.9. The van der Waals surface area contributed by atoms with Crippen LogP contribution in [0.15, 0.2) is 96.0 Å². The highest BCUT2D eigenvalue weighted by Gasteiger charge is 2.20. The number of rotatable bonds is 10. The molecule has 1 N–H and O–H groups in total. The molecule has 2 aliphatic rings. The number of aromatic nitrogens is 4. The van der Waals surface area contributed by atoms with E-state index in [4.69, 9.17) is 14.7 Å². The molecular formula is C41H44N6O4S2. The lowest BCUT2D eigenvalue weighted by Crippen LogP contribution is -2.29. The molecule has 12 heteroatoms. The summed E-state index contributed by atoms with van der Waals surface area (Å²) in [5.74, 6) is -1.25. The van der Waals surface area contributed by atoms with Crippen LogP contribution in [0.3, 0.4) is 0 Å². The van der Waals surface area contributed by atoms with E-state index in [0.717, 1.165) is 70.1 Å². The molecule has 6 aromatic rings. The van der Waals surface area contributed by atoms with E-state index in [1.54, 1.807) is 33.3 Å². The van der Waals surface area contributed by atoms with Gasteiger partial charge >= 0.3 is 11.9 Å². The lowest BCUT2D eigenvalue weighted by atomic mass is 10.1. The van der Waals surface area contributed by atoms with Gasteiger partial charge in [-0.3, -0.25) is 0 Å². The Labute approximate surface area is 317 Å². The van der Waals surface area contributed by atoms with Gasteiger partial charge in [-0.25, -0.2) is 19.6 Å². The molecule has 0 spiro atoms. The number of nitrogens with zero attached hydrogens (tertiary/aromatic N) is 6. The van der Waals surface area contributed by atoms with Crippen molar-refractivity contribution in [2.75, 3.05) is 43.1 Å². The molecule has 0 saturated carbocycles. The number of carboxylic acid groups (broad SMARTS) is 1. The molecule has 0 radical (unpaired) electrons. The Bertz CT molecular complexity index is 2110. The third-order valence-corrected chi connectivity index (χ3v) is 11.5. The van der Waals surface area contributed by atoms with E-state index in [1.165, 1.54) is 45.6 Å². The maximum Gasteiger partial charge on any atom is 0.354 e. The minimum atomic E-state index is -0.918. The van der Waals surface area contributed by atoms with Gasteiger partial charge in [-0.05, 0) is 61.8 Å². The fourth-order valence-electron chi connectivity index (χ4n) is 6.86. The number of anilines is 2. The molecule has 4 aromatic heterocycles. The molecule has 0 atom stereocenters. The zero-order chi connectivity index (χ0) is 36.6. The Morgan fingerprint density at radius 1 is 0.642 bits per heavy atom. The fraction of sp³-hybridized carbons (Fsp3) is 0.317. The molecule has 274 valence electrons. The highest BCUT2D eigenvalue weighted by Crippen LogP contribution is 2.29. The smallest absolute Gasteiger partial charge is 0.354 e. The van der Waals surface area contributed by atoms with E-state index in [2.05, 4.69) is 15.2 Å². The number of carboxylic acids is 1. The van der Waals surface area contributed by atoms with E-state index in [0.29, 0.717) is 18.8 Å². The number of carbonyl (C=O) groups is 2. The summed E-state index contributed by atoms with van der Waals surface area (Å²) < 4.78 is 8.69. The molecule has 53 heavy (non-hydrogen) atoms. The molecule has 0 amide bonds. The lowest BCUT2D eigenvalue weighted by molar-refractivity contribution is 0.0588. The number of methoxy groups -OCH3 is 1. The van der Waals surface area contributed by atoms with Crippen molar-refractivity contribution >= 4 is 44.9 Å². The molecule has 0 unspecified atom stereocenters. The second-order valence-corrected chi connectivity index (χ2v) is 15.0. The van der Waals surface area contributed by atoms with Crippen LogP contribution >= 0.6 is 22.7 Å². The summed E-state index contributed by atoms with van der Waals surface area (Å²) >= 11 is 3.33. The van der Waals surface area contributed by atoms with Crippen LogP contribution in [0.4, 0.5) is 10.3 Å². The minimum Gasteiger partial charge on any atom is -0.477 e. The van der Waals surface area contributed by atoms with Crippen LogP contribution in [0.2, 0.25) is 0 Å². The van der Waals surface area contributed by atoms with Gasteiger partial charge in [0, 0.05) is 60.5 Å². The molecular weight excluding hydrogens is 705 g/mol. The average molecular weight is 749 g/mol. The van der Waals surface area contributed by atoms with Gasteiger partial charge < -0.3 is 28.8 Å². The van der Waals surface area contributed by atoms with E-state index in [-0.39, 0.29) is 11.7 Å². The van der Waals surface area contributed by atoms with Crippen molar-refractivity contribution in [2.45, 2.75) is 51.6 Å². The van der Waals surface area contributed by atoms with Gasteiger partial charge in [-0.2, -0.15) is 0 Å². The van der Waals surface area contributed by atoms with Crippen molar-refractivity contribution in [1.82, 2.24) is 19.1 Å². The van der Waals surface area contributed by atoms with Gasteiger partial charge in [0.1, 0.15) is 11.4 Å². The van der Waals surface area contributed by atoms with Crippen molar-refractivity contribution in [3.05, 3.63) is 119 Å². The summed E-state index contributed by atoms with van der Waals surface area (Å²) in [5.41, 5.74) is 6.72. The Balaban J connectivity index is 0.000000164. The SMILES string of the molecule is COC(=O)c1cc(-c2ccccc2)cn1Cc1csc(N2CCCCC2)n1.O=C(O)c1cc(-c2ccccc2)cn1Cc1csc(N2CCCCC2)n1. The second-order valence-electron chi connectivity index (χ2n) is 13.4. The Morgan fingerprint density at radius 3 is 1.51 bits per heavy atom. The lowest BCUT2D eigenvalue weighted by Gasteiger charge is -2.25.